The van der Waals surface area contributed by atoms with E-state index in [4.69, 9.17) is 5.73 Å². The number of carbonyl (C=O) groups excluding carboxylic acids is 1. The highest BCUT2D eigenvalue weighted by Crippen LogP contribution is 2.19. The Morgan fingerprint density at radius 2 is 2.11 bits per heavy atom. The number of hydrogen-bond acceptors (Lipinski definition) is 3. The second-order valence-corrected chi connectivity index (χ2v) is 5.55. The molecular formula is C15H23N3O. The van der Waals surface area contributed by atoms with Crippen molar-refractivity contribution in [3.8, 4) is 0 Å². The molecule has 4 heteroatoms. The molecular weight excluding hydrogens is 238 g/mol. The van der Waals surface area contributed by atoms with E-state index >= 15 is 0 Å². The summed E-state index contributed by atoms with van der Waals surface area (Å²) in [6.07, 6.45) is 1.01. The van der Waals surface area contributed by atoms with Crippen LogP contribution >= 0.6 is 0 Å². The van der Waals surface area contributed by atoms with Crippen molar-refractivity contribution in [3.63, 3.8) is 0 Å². The SMILES string of the molecule is Cc1ccc(C(=O)N2CCCN(C)CC2C)c(N)c1. The molecule has 2 rings (SSSR count). The Balaban J connectivity index is 2.22. The Hall–Kier alpha value is -1.55. The van der Waals surface area contributed by atoms with Gasteiger partial charge in [-0.1, -0.05) is 6.07 Å². The molecule has 0 bridgehead atoms. The maximum absolute atomic E-state index is 12.6. The molecule has 2 N–H and O–H groups in total. The van der Waals surface area contributed by atoms with Crippen LogP contribution in [-0.2, 0) is 0 Å². The van der Waals surface area contributed by atoms with Crippen LogP contribution in [-0.4, -0.2) is 48.4 Å². The van der Waals surface area contributed by atoms with Crippen molar-refractivity contribution in [3.05, 3.63) is 29.3 Å². The molecule has 1 unspecified atom stereocenters. The minimum absolute atomic E-state index is 0.0558. The predicted molar refractivity (Wildman–Crippen MR) is 78.2 cm³/mol. The van der Waals surface area contributed by atoms with Crippen molar-refractivity contribution >= 4 is 11.6 Å². The van der Waals surface area contributed by atoms with E-state index in [0.29, 0.717) is 11.3 Å². The lowest BCUT2D eigenvalue weighted by Crippen LogP contribution is -2.42. The molecule has 4 nitrogen and oxygen atoms in total. The largest absolute Gasteiger partial charge is 0.398 e. The van der Waals surface area contributed by atoms with Crippen LogP contribution in [0, 0.1) is 6.92 Å². The number of nitrogens with zero attached hydrogens (tertiary/aromatic N) is 2. The molecule has 1 saturated heterocycles. The molecule has 1 heterocycles. The molecule has 1 aromatic rings. The molecule has 1 aliphatic rings. The number of likely N-dealkylation sites (N-methyl/N-ethyl adjacent to an activating group) is 1. The molecule has 1 atom stereocenters. The lowest BCUT2D eigenvalue weighted by molar-refractivity contribution is 0.0697. The predicted octanol–water partition coefficient (Wildman–Crippen LogP) is 1.74. The number of amides is 1. The number of anilines is 1. The third kappa shape index (κ3) is 3.07. The molecule has 0 aromatic heterocycles. The van der Waals surface area contributed by atoms with E-state index in [2.05, 4.69) is 18.9 Å². The number of hydrogen-bond donors (Lipinski definition) is 1. The Morgan fingerprint density at radius 1 is 1.37 bits per heavy atom. The van der Waals surface area contributed by atoms with E-state index < -0.39 is 0 Å². The first kappa shape index (κ1) is 13.9. The van der Waals surface area contributed by atoms with Gasteiger partial charge in [-0.05, 0) is 51.6 Å². The number of rotatable bonds is 1. The van der Waals surface area contributed by atoms with Crippen molar-refractivity contribution in [2.45, 2.75) is 26.3 Å². The van der Waals surface area contributed by atoms with Gasteiger partial charge in [0.2, 0.25) is 0 Å². The van der Waals surface area contributed by atoms with Crippen LogP contribution in [0.25, 0.3) is 0 Å². The second-order valence-electron chi connectivity index (χ2n) is 5.55. The van der Waals surface area contributed by atoms with Gasteiger partial charge in [0.05, 0.1) is 5.56 Å². The maximum atomic E-state index is 12.6. The summed E-state index contributed by atoms with van der Waals surface area (Å²) >= 11 is 0. The maximum Gasteiger partial charge on any atom is 0.256 e. The van der Waals surface area contributed by atoms with Gasteiger partial charge in [-0.25, -0.2) is 0 Å². The first-order valence-electron chi connectivity index (χ1n) is 6.84. The summed E-state index contributed by atoms with van der Waals surface area (Å²) in [5.41, 5.74) is 8.27. The van der Waals surface area contributed by atoms with Crippen molar-refractivity contribution in [1.29, 1.82) is 0 Å². The van der Waals surface area contributed by atoms with Crippen LogP contribution in [0.3, 0.4) is 0 Å². The number of nitrogen functional groups attached to an aromatic ring is 1. The van der Waals surface area contributed by atoms with E-state index in [1.807, 2.05) is 30.0 Å². The third-order valence-corrected chi connectivity index (χ3v) is 3.75. The first-order valence-corrected chi connectivity index (χ1v) is 6.84. The fraction of sp³-hybridized carbons (Fsp3) is 0.533. The van der Waals surface area contributed by atoms with Gasteiger partial charge in [-0.15, -0.1) is 0 Å². The van der Waals surface area contributed by atoms with Crippen molar-refractivity contribution in [2.24, 2.45) is 0 Å². The highest BCUT2D eigenvalue weighted by molar-refractivity contribution is 5.99. The zero-order valence-corrected chi connectivity index (χ0v) is 12.0. The monoisotopic (exact) mass is 261 g/mol. The van der Waals surface area contributed by atoms with E-state index in [0.717, 1.165) is 31.6 Å². The molecule has 1 aliphatic heterocycles. The zero-order valence-electron chi connectivity index (χ0n) is 12.0. The average Bonchev–Trinajstić information content (AvgIpc) is 2.49. The van der Waals surface area contributed by atoms with Crippen LogP contribution in [0.15, 0.2) is 18.2 Å². The van der Waals surface area contributed by atoms with Gasteiger partial charge in [0.1, 0.15) is 0 Å². The van der Waals surface area contributed by atoms with Crippen molar-refractivity contribution in [2.75, 3.05) is 32.4 Å². The van der Waals surface area contributed by atoms with Gasteiger partial charge in [-0.3, -0.25) is 4.79 Å². The zero-order chi connectivity index (χ0) is 14.0. The molecule has 1 amide bonds. The highest BCUT2D eigenvalue weighted by Gasteiger charge is 2.25. The van der Waals surface area contributed by atoms with Crippen molar-refractivity contribution in [1.82, 2.24) is 9.80 Å². The minimum atomic E-state index is 0.0558. The summed E-state index contributed by atoms with van der Waals surface area (Å²) in [6.45, 7) is 6.84. The smallest absolute Gasteiger partial charge is 0.256 e. The third-order valence-electron chi connectivity index (χ3n) is 3.75. The summed E-state index contributed by atoms with van der Waals surface area (Å²) < 4.78 is 0. The Kier molecular flexibility index (Phi) is 4.10. The van der Waals surface area contributed by atoms with Crippen LogP contribution in [0.1, 0.15) is 29.3 Å². The summed E-state index contributed by atoms with van der Waals surface area (Å²) in [4.78, 5) is 16.9. The quantitative estimate of drug-likeness (QED) is 0.783. The molecule has 0 radical (unpaired) electrons. The molecule has 0 aliphatic carbocycles. The molecule has 1 fully saturated rings. The Labute approximate surface area is 115 Å². The van der Waals surface area contributed by atoms with Gasteiger partial charge in [0.25, 0.3) is 5.91 Å². The van der Waals surface area contributed by atoms with Crippen LogP contribution in [0.5, 0.6) is 0 Å². The standard InChI is InChI=1S/C15H23N3O/c1-11-5-6-13(14(16)9-11)15(19)18-8-4-7-17(3)10-12(18)2/h5-6,9,12H,4,7-8,10,16H2,1-3H3. The Morgan fingerprint density at radius 3 is 2.79 bits per heavy atom. The summed E-state index contributed by atoms with van der Waals surface area (Å²) in [6, 6.07) is 5.87. The van der Waals surface area contributed by atoms with E-state index in [1.54, 1.807) is 0 Å². The van der Waals surface area contributed by atoms with Crippen LogP contribution in [0.2, 0.25) is 0 Å². The number of aryl methyl sites for hydroxylation is 1. The van der Waals surface area contributed by atoms with Crippen molar-refractivity contribution < 1.29 is 4.79 Å². The topological polar surface area (TPSA) is 49.6 Å². The lowest BCUT2D eigenvalue weighted by atomic mass is 10.1. The van der Waals surface area contributed by atoms with Gasteiger partial charge in [-0.2, -0.15) is 0 Å². The molecule has 0 spiro atoms. The van der Waals surface area contributed by atoms with Crippen LogP contribution < -0.4 is 5.73 Å². The van der Waals surface area contributed by atoms with Gasteiger partial charge in [0.15, 0.2) is 0 Å². The number of carbonyl (C=O) groups is 1. The second kappa shape index (κ2) is 5.61. The van der Waals surface area contributed by atoms with Crippen LogP contribution in [0.4, 0.5) is 5.69 Å². The molecule has 0 saturated carbocycles. The minimum Gasteiger partial charge on any atom is -0.398 e. The van der Waals surface area contributed by atoms with Gasteiger partial charge in [0, 0.05) is 24.8 Å². The summed E-state index contributed by atoms with van der Waals surface area (Å²) in [5.74, 6) is 0.0558. The number of benzene rings is 1. The summed E-state index contributed by atoms with van der Waals surface area (Å²) in [7, 11) is 2.10. The van der Waals surface area contributed by atoms with E-state index in [-0.39, 0.29) is 11.9 Å². The summed E-state index contributed by atoms with van der Waals surface area (Å²) in [5, 5.41) is 0. The highest BCUT2D eigenvalue weighted by atomic mass is 16.2. The lowest BCUT2D eigenvalue weighted by Gasteiger charge is -2.28. The fourth-order valence-corrected chi connectivity index (χ4v) is 2.71. The van der Waals surface area contributed by atoms with Gasteiger partial charge < -0.3 is 15.5 Å². The molecule has 1 aromatic carbocycles. The van der Waals surface area contributed by atoms with Gasteiger partial charge >= 0.3 is 0 Å². The van der Waals surface area contributed by atoms with E-state index in [9.17, 15) is 4.79 Å². The average molecular weight is 261 g/mol. The van der Waals surface area contributed by atoms with E-state index in [1.165, 1.54) is 0 Å². The normalized spacial score (nSPS) is 21.2. The first-order chi connectivity index (χ1) is 8.99. The Bertz CT molecular complexity index is 472. The number of nitrogens with two attached hydrogens (primary N) is 1. The molecule has 19 heavy (non-hydrogen) atoms. The fourth-order valence-electron chi connectivity index (χ4n) is 2.71. The molecule has 104 valence electrons.